The number of hydrazine groups is 1. The molecule has 0 rings (SSSR count). The van der Waals surface area contributed by atoms with Crippen molar-refractivity contribution in [2.45, 2.75) is 26.4 Å². The van der Waals surface area contributed by atoms with Gasteiger partial charge in [0.05, 0.1) is 0 Å². The lowest BCUT2D eigenvalue weighted by molar-refractivity contribution is 0.0527. The highest BCUT2D eigenvalue weighted by atomic mass is 16.6. The Labute approximate surface area is 57.3 Å². The van der Waals surface area contributed by atoms with E-state index in [0.717, 1.165) is 0 Å². The second-order valence-electron chi connectivity index (χ2n) is 2.65. The molecule has 4 nitrogen and oxygen atoms in total. The van der Waals surface area contributed by atoms with Gasteiger partial charge in [0.25, 0.3) is 0 Å². The number of carbonyl (C=O) groups is 1. The van der Waals surface area contributed by atoms with Crippen LogP contribution in [0.3, 0.4) is 0 Å². The molecule has 0 saturated carbocycles. The summed E-state index contributed by atoms with van der Waals surface area (Å²) in [6.45, 7) is 5.30. The minimum atomic E-state index is -0.609. The van der Waals surface area contributed by atoms with E-state index in [4.69, 9.17) is 10.6 Å². The fourth-order valence-electron chi connectivity index (χ4n) is 0.308. The van der Waals surface area contributed by atoms with Gasteiger partial charge in [0.1, 0.15) is 5.60 Å². The van der Waals surface area contributed by atoms with Gasteiger partial charge in [0, 0.05) is 2.85 Å². The van der Waals surface area contributed by atoms with Crippen molar-refractivity contribution in [3.63, 3.8) is 0 Å². The molecule has 0 aromatic carbocycles. The Morgan fingerprint density at radius 3 is 2.22 bits per heavy atom. The fraction of sp³-hybridized carbons (Fsp3) is 0.800. The molecule has 0 radical (unpaired) electrons. The summed E-state index contributed by atoms with van der Waals surface area (Å²) < 4.78 is 4.71. The molecule has 0 aliphatic rings. The van der Waals surface area contributed by atoms with Crippen molar-refractivity contribution >= 4 is 6.09 Å². The van der Waals surface area contributed by atoms with Crippen LogP contribution in [0.5, 0.6) is 0 Å². The van der Waals surface area contributed by atoms with E-state index in [9.17, 15) is 4.79 Å². The molecular weight excluding hydrogens is 120 g/mol. The summed E-state index contributed by atoms with van der Waals surface area (Å²) >= 11 is 0. The predicted octanol–water partition coefficient (Wildman–Crippen LogP) is 0.877. The number of hydrogen-bond acceptors (Lipinski definition) is 3. The molecule has 0 fully saturated rings. The van der Waals surface area contributed by atoms with Crippen molar-refractivity contribution in [2.24, 2.45) is 5.84 Å². The molecule has 0 saturated heterocycles. The summed E-state index contributed by atoms with van der Waals surface area (Å²) in [5, 5.41) is 0. The third-order valence-corrected chi connectivity index (χ3v) is 0.517. The highest BCUT2D eigenvalue weighted by Gasteiger charge is 2.14. The molecule has 0 spiro atoms. The van der Waals surface area contributed by atoms with Crippen molar-refractivity contribution in [1.29, 1.82) is 0 Å². The van der Waals surface area contributed by atoms with Gasteiger partial charge < -0.3 is 4.74 Å². The van der Waals surface area contributed by atoms with E-state index in [2.05, 4.69) is 0 Å². The van der Waals surface area contributed by atoms with Crippen LogP contribution in [0.4, 0.5) is 4.79 Å². The van der Waals surface area contributed by atoms with Gasteiger partial charge in [-0.15, -0.1) is 0 Å². The van der Waals surface area contributed by atoms with E-state index in [1.165, 1.54) is 0 Å². The summed E-state index contributed by atoms with van der Waals surface area (Å²) in [5.74, 6) is 4.75. The van der Waals surface area contributed by atoms with Gasteiger partial charge in [-0.3, -0.25) is 5.43 Å². The standard InChI is InChI=1S/C5H12N2O2.2H2/c1-5(2,3)9-4(8)7-6;;/h6H2,1-3H3,(H,7,8);2*1H. The molecule has 0 unspecified atom stereocenters. The third kappa shape index (κ3) is 5.10. The van der Waals surface area contributed by atoms with Crippen LogP contribution in [0.15, 0.2) is 0 Å². The first kappa shape index (κ1) is 8.23. The van der Waals surface area contributed by atoms with Gasteiger partial charge in [-0.1, -0.05) is 0 Å². The molecule has 0 aromatic heterocycles. The van der Waals surface area contributed by atoms with Gasteiger partial charge >= 0.3 is 6.09 Å². The summed E-state index contributed by atoms with van der Waals surface area (Å²) in [6, 6.07) is 0. The van der Waals surface area contributed by atoms with E-state index >= 15 is 0 Å². The van der Waals surface area contributed by atoms with E-state index in [1.807, 2.05) is 5.43 Å². The monoisotopic (exact) mass is 136 g/mol. The van der Waals surface area contributed by atoms with Crippen molar-refractivity contribution in [3.8, 4) is 0 Å². The van der Waals surface area contributed by atoms with E-state index < -0.39 is 11.7 Å². The first-order valence-corrected chi connectivity index (χ1v) is 2.65. The molecule has 0 heterocycles. The van der Waals surface area contributed by atoms with Crippen molar-refractivity contribution in [2.75, 3.05) is 0 Å². The molecule has 0 atom stereocenters. The molecule has 58 valence electrons. The molecule has 0 bridgehead atoms. The lowest BCUT2D eigenvalue weighted by Gasteiger charge is -2.18. The molecule has 0 aromatic rings. The number of amides is 1. The summed E-state index contributed by atoms with van der Waals surface area (Å²) in [6.07, 6.45) is -0.609. The number of ether oxygens (including phenoxy) is 1. The molecule has 9 heavy (non-hydrogen) atoms. The normalized spacial score (nSPS) is 10.7. The average Bonchev–Trinajstić information content (AvgIpc) is 1.62. The van der Waals surface area contributed by atoms with Crippen LogP contribution in [0.2, 0.25) is 0 Å². The quantitative estimate of drug-likeness (QED) is 0.295. The van der Waals surface area contributed by atoms with Gasteiger partial charge in [0.15, 0.2) is 0 Å². The number of hydrogen-bond donors (Lipinski definition) is 2. The van der Waals surface area contributed by atoms with Crippen LogP contribution in [0.25, 0.3) is 0 Å². The second-order valence-corrected chi connectivity index (χ2v) is 2.65. The topological polar surface area (TPSA) is 64.3 Å². The van der Waals surface area contributed by atoms with E-state index in [0.29, 0.717) is 0 Å². The van der Waals surface area contributed by atoms with E-state index in [1.54, 1.807) is 20.8 Å². The minimum absolute atomic E-state index is 0. The highest BCUT2D eigenvalue weighted by molar-refractivity contribution is 5.66. The first-order chi connectivity index (χ1) is 3.95. The van der Waals surface area contributed by atoms with Crippen molar-refractivity contribution in [3.05, 3.63) is 0 Å². The molecule has 0 aliphatic carbocycles. The number of carbonyl (C=O) groups excluding carboxylic acids is 1. The summed E-state index contributed by atoms with van der Waals surface area (Å²) in [5.41, 5.74) is 1.39. The lowest BCUT2D eigenvalue weighted by Crippen LogP contribution is -2.36. The highest BCUT2D eigenvalue weighted by Crippen LogP contribution is 2.05. The predicted molar refractivity (Wildman–Crippen MR) is 37.8 cm³/mol. The van der Waals surface area contributed by atoms with Gasteiger partial charge in [-0.2, -0.15) is 0 Å². The van der Waals surface area contributed by atoms with Crippen LogP contribution in [-0.4, -0.2) is 11.7 Å². The van der Waals surface area contributed by atoms with Crippen LogP contribution < -0.4 is 11.3 Å². The Balaban J connectivity index is -0.000000320. The molecular formula is C5H16N2O2. The maximum Gasteiger partial charge on any atom is 0.421 e. The summed E-state index contributed by atoms with van der Waals surface area (Å²) in [4.78, 5) is 10.4. The number of nitrogens with two attached hydrogens (primary N) is 1. The zero-order valence-electron chi connectivity index (χ0n) is 5.89. The summed E-state index contributed by atoms with van der Waals surface area (Å²) in [7, 11) is 0. The Hall–Kier alpha value is -0.770. The largest absolute Gasteiger partial charge is 0.443 e. The lowest BCUT2D eigenvalue weighted by atomic mass is 10.2. The Morgan fingerprint density at radius 2 is 2.11 bits per heavy atom. The zero-order valence-corrected chi connectivity index (χ0v) is 5.89. The van der Waals surface area contributed by atoms with E-state index in [-0.39, 0.29) is 2.85 Å². The fourth-order valence-corrected chi connectivity index (χ4v) is 0.308. The molecule has 4 heteroatoms. The van der Waals surface area contributed by atoms with Gasteiger partial charge in [0.2, 0.25) is 0 Å². The number of nitrogens with one attached hydrogen (secondary N) is 1. The second kappa shape index (κ2) is 2.68. The Bertz CT molecular complexity index is 114. The van der Waals surface area contributed by atoms with Crippen molar-refractivity contribution in [1.82, 2.24) is 5.43 Å². The zero-order chi connectivity index (χ0) is 7.49. The average molecular weight is 136 g/mol. The Morgan fingerprint density at radius 1 is 1.67 bits per heavy atom. The Kier molecular flexibility index (Phi) is 2.45. The smallest absolute Gasteiger partial charge is 0.421 e. The first-order valence-electron chi connectivity index (χ1n) is 2.65. The van der Waals surface area contributed by atoms with Crippen molar-refractivity contribution < 1.29 is 12.4 Å². The maximum absolute atomic E-state index is 10.4. The SMILES string of the molecule is CC(C)(C)OC(=O)NN.[HH].[HH]. The molecule has 1 amide bonds. The van der Waals surface area contributed by atoms with Crippen LogP contribution in [-0.2, 0) is 4.74 Å². The van der Waals surface area contributed by atoms with Crippen LogP contribution in [0, 0.1) is 0 Å². The third-order valence-electron chi connectivity index (χ3n) is 0.517. The van der Waals surface area contributed by atoms with Crippen LogP contribution in [0.1, 0.15) is 23.6 Å². The number of rotatable bonds is 0. The van der Waals surface area contributed by atoms with Crippen LogP contribution >= 0.6 is 0 Å². The van der Waals surface area contributed by atoms with Gasteiger partial charge in [-0.05, 0) is 20.8 Å². The molecule has 0 aliphatic heterocycles. The molecule has 3 N–H and O–H groups in total. The maximum atomic E-state index is 10.4. The van der Waals surface area contributed by atoms with Gasteiger partial charge in [-0.25, -0.2) is 10.6 Å². The minimum Gasteiger partial charge on any atom is -0.443 e.